The molecule has 1 aromatic carbocycles. The number of benzene rings is 1. The molecule has 0 amide bonds. The SMILES string of the molecule is CCOc1ccc([Si](C)(C)C)cc1N. The van der Waals surface area contributed by atoms with Crippen molar-refractivity contribution in [3.63, 3.8) is 0 Å². The monoisotopic (exact) mass is 209 g/mol. The Morgan fingerprint density at radius 1 is 1.29 bits per heavy atom. The maximum atomic E-state index is 5.90. The van der Waals surface area contributed by atoms with E-state index in [1.54, 1.807) is 0 Å². The van der Waals surface area contributed by atoms with Gasteiger partial charge in [-0.05, 0) is 19.1 Å². The molecule has 14 heavy (non-hydrogen) atoms. The van der Waals surface area contributed by atoms with Crippen LogP contribution in [0.1, 0.15) is 6.92 Å². The predicted octanol–water partition coefficient (Wildman–Crippen LogP) is 2.21. The van der Waals surface area contributed by atoms with Crippen molar-refractivity contribution < 1.29 is 4.74 Å². The van der Waals surface area contributed by atoms with Gasteiger partial charge in [0.2, 0.25) is 0 Å². The predicted molar refractivity (Wildman–Crippen MR) is 65.0 cm³/mol. The third-order valence-electron chi connectivity index (χ3n) is 2.18. The van der Waals surface area contributed by atoms with Gasteiger partial charge in [0.1, 0.15) is 5.75 Å². The van der Waals surface area contributed by atoms with Crippen LogP contribution in [0.25, 0.3) is 0 Å². The molecule has 0 aromatic heterocycles. The highest BCUT2D eigenvalue weighted by Gasteiger charge is 2.17. The second-order valence-corrected chi connectivity index (χ2v) is 9.51. The minimum Gasteiger partial charge on any atom is -0.492 e. The molecule has 0 unspecified atom stereocenters. The van der Waals surface area contributed by atoms with Crippen LogP contribution in [0.15, 0.2) is 18.2 Å². The zero-order valence-corrected chi connectivity index (χ0v) is 10.4. The van der Waals surface area contributed by atoms with E-state index in [4.69, 9.17) is 10.5 Å². The van der Waals surface area contributed by atoms with Gasteiger partial charge >= 0.3 is 0 Å². The van der Waals surface area contributed by atoms with Gasteiger partial charge < -0.3 is 10.5 Å². The number of hydrogen-bond donors (Lipinski definition) is 1. The van der Waals surface area contributed by atoms with E-state index in [2.05, 4.69) is 31.8 Å². The highest BCUT2D eigenvalue weighted by molar-refractivity contribution is 6.88. The van der Waals surface area contributed by atoms with Crippen LogP contribution in [0.4, 0.5) is 5.69 Å². The second kappa shape index (κ2) is 4.05. The Balaban J connectivity index is 3.01. The summed E-state index contributed by atoms with van der Waals surface area (Å²) in [6, 6.07) is 6.16. The molecule has 2 nitrogen and oxygen atoms in total. The van der Waals surface area contributed by atoms with E-state index in [1.807, 2.05) is 13.0 Å². The first-order valence-electron chi connectivity index (χ1n) is 4.98. The molecule has 0 aliphatic rings. The molecule has 3 heteroatoms. The Kier molecular flexibility index (Phi) is 3.21. The van der Waals surface area contributed by atoms with Gasteiger partial charge in [-0.2, -0.15) is 0 Å². The number of anilines is 1. The van der Waals surface area contributed by atoms with Crippen molar-refractivity contribution in [2.45, 2.75) is 26.6 Å². The normalized spacial score (nSPS) is 11.4. The van der Waals surface area contributed by atoms with Gasteiger partial charge in [-0.25, -0.2) is 0 Å². The molecule has 0 saturated carbocycles. The molecule has 0 aliphatic heterocycles. The van der Waals surface area contributed by atoms with Crippen molar-refractivity contribution >= 4 is 18.9 Å². The largest absolute Gasteiger partial charge is 0.492 e. The molecule has 0 saturated heterocycles. The Hall–Kier alpha value is -0.963. The van der Waals surface area contributed by atoms with Crippen molar-refractivity contribution in [3.8, 4) is 5.75 Å². The van der Waals surface area contributed by atoms with Crippen molar-refractivity contribution in [2.24, 2.45) is 0 Å². The number of nitrogen functional groups attached to an aromatic ring is 1. The van der Waals surface area contributed by atoms with Gasteiger partial charge in [-0.1, -0.05) is 30.9 Å². The topological polar surface area (TPSA) is 35.2 Å². The molecule has 0 bridgehead atoms. The fourth-order valence-electron chi connectivity index (χ4n) is 1.30. The lowest BCUT2D eigenvalue weighted by molar-refractivity contribution is 0.342. The Labute approximate surface area is 87.1 Å². The molecular weight excluding hydrogens is 190 g/mol. The number of ether oxygens (including phenoxy) is 1. The molecule has 1 rings (SSSR count). The van der Waals surface area contributed by atoms with E-state index >= 15 is 0 Å². The van der Waals surface area contributed by atoms with Gasteiger partial charge in [0.25, 0.3) is 0 Å². The molecule has 2 N–H and O–H groups in total. The summed E-state index contributed by atoms with van der Waals surface area (Å²) in [6.45, 7) is 9.55. The van der Waals surface area contributed by atoms with Crippen LogP contribution in [0, 0.1) is 0 Å². The van der Waals surface area contributed by atoms with Crippen molar-refractivity contribution in [1.82, 2.24) is 0 Å². The molecule has 0 heterocycles. The van der Waals surface area contributed by atoms with Crippen molar-refractivity contribution in [1.29, 1.82) is 0 Å². The summed E-state index contributed by atoms with van der Waals surface area (Å²) < 4.78 is 5.39. The number of rotatable bonds is 3. The van der Waals surface area contributed by atoms with Gasteiger partial charge in [0, 0.05) is 0 Å². The molecule has 0 spiro atoms. The molecular formula is C11H19NOSi. The second-order valence-electron chi connectivity index (χ2n) is 4.44. The standard InChI is InChI=1S/C11H19NOSi/c1-5-13-11-7-6-9(8-10(11)12)14(2,3)4/h6-8H,5,12H2,1-4H3. The molecule has 0 atom stereocenters. The number of nitrogens with two attached hydrogens (primary N) is 1. The quantitative estimate of drug-likeness (QED) is 0.612. The summed E-state index contributed by atoms with van der Waals surface area (Å²) in [6.07, 6.45) is 0. The molecule has 0 radical (unpaired) electrons. The lowest BCUT2D eigenvalue weighted by Crippen LogP contribution is -2.37. The lowest BCUT2D eigenvalue weighted by atomic mass is 10.3. The third kappa shape index (κ3) is 2.51. The zero-order chi connectivity index (χ0) is 10.8. The summed E-state index contributed by atoms with van der Waals surface area (Å²) >= 11 is 0. The average Bonchev–Trinajstić information content (AvgIpc) is 2.07. The molecule has 0 aliphatic carbocycles. The first kappa shape index (κ1) is 11.1. The lowest BCUT2D eigenvalue weighted by Gasteiger charge is -2.18. The molecule has 78 valence electrons. The maximum Gasteiger partial charge on any atom is 0.142 e. The summed E-state index contributed by atoms with van der Waals surface area (Å²) in [4.78, 5) is 0. The van der Waals surface area contributed by atoms with Crippen LogP contribution in [0.3, 0.4) is 0 Å². The Bertz CT molecular complexity index is 318. The number of hydrogen-bond acceptors (Lipinski definition) is 2. The van der Waals surface area contributed by atoms with Gasteiger partial charge in [0.15, 0.2) is 0 Å². The third-order valence-corrected chi connectivity index (χ3v) is 4.22. The van der Waals surface area contributed by atoms with E-state index in [0.717, 1.165) is 11.4 Å². The minimum absolute atomic E-state index is 0.663. The zero-order valence-electron chi connectivity index (χ0n) is 9.42. The van der Waals surface area contributed by atoms with E-state index in [0.29, 0.717) is 6.61 Å². The Morgan fingerprint density at radius 2 is 1.93 bits per heavy atom. The highest BCUT2D eigenvalue weighted by atomic mass is 28.3. The van der Waals surface area contributed by atoms with Gasteiger partial charge in [-0.3, -0.25) is 0 Å². The van der Waals surface area contributed by atoms with Crippen LogP contribution < -0.4 is 15.7 Å². The van der Waals surface area contributed by atoms with Crippen molar-refractivity contribution in [3.05, 3.63) is 18.2 Å². The minimum atomic E-state index is -1.25. The van der Waals surface area contributed by atoms with Crippen LogP contribution in [0.2, 0.25) is 19.6 Å². The summed E-state index contributed by atoms with van der Waals surface area (Å²) in [5.41, 5.74) is 6.66. The maximum absolute atomic E-state index is 5.90. The summed E-state index contributed by atoms with van der Waals surface area (Å²) in [7, 11) is -1.25. The van der Waals surface area contributed by atoms with Gasteiger partial charge in [0.05, 0.1) is 20.4 Å². The summed E-state index contributed by atoms with van der Waals surface area (Å²) in [5, 5.41) is 1.37. The first-order chi connectivity index (χ1) is 6.45. The Morgan fingerprint density at radius 3 is 2.36 bits per heavy atom. The first-order valence-corrected chi connectivity index (χ1v) is 8.48. The fourth-order valence-corrected chi connectivity index (χ4v) is 2.47. The summed E-state index contributed by atoms with van der Waals surface area (Å²) in [5.74, 6) is 0.800. The van der Waals surface area contributed by atoms with E-state index < -0.39 is 8.07 Å². The highest BCUT2D eigenvalue weighted by Crippen LogP contribution is 2.20. The average molecular weight is 209 g/mol. The molecule has 0 fully saturated rings. The fraction of sp³-hybridized carbons (Fsp3) is 0.455. The van der Waals surface area contributed by atoms with E-state index in [-0.39, 0.29) is 0 Å². The molecule has 1 aromatic rings. The van der Waals surface area contributed by atoms with Crippen LogP contribution in [-0.4, -0.2) is 14.7 Å². The van der Waals surface area contributed by atoms with Crippen LogP contribution in [0.5, 0.6) is 5.75 Å². The van der Waals surface area contributed by atoms with E-state index in [9.17, 15) is 0 Å². The smallest absolute Gasteiger partial charge is 0.142 e. The van der Waals surface area contributed by atoms with Gasteiger partial charge in [-0.15, -0.1) is 0 Å². The van der Waals surface area contributed by atoms with Crippen LogP contribution in [-0.2, 0) is 0 Å². The van der Waals surface area contributed by atoms with Crippen LogP contribution >= 0.6 is 0 Å². The van der Waals surface area contributed by atoms with Crippen molar-refractivity contribution in [2.75, 3.05) is 12.3 Å². The van der Waals surface area contributed by atoms with E-state index in [1.165, 1.54) is 5.19 Å².